The summed E-state index contributed by atoms with van der Waals surface area (Å²) in [6, 6.07) is 0.624. The molecule has 2 heteroatoms. The summed E-state index contributed by atoms with van der Waals surface area (Å²) in [6.45, 7) is 10.0. The van der Waals surface area contributed by atoms with Crippen molar-refractivity contribution in [1.29, 1.82) is 0 Å². The van der Waals surface area contributed by atoms with Gasteiger partial charge in [-0.2, -0.15) is 0 Å². The third-order valence-corrected chi connectivity index (χ3v) is 1.81. The third kappa shape index (κ3) is 8.69. The van der Waals surface area contributed by atoms with Crippen LogP contribution in [0.15, 0.2) is 0 Å². The number of alkyl halides is 1. The predicted octanol–water partition coefficient (Wildman–Crippen LogP) is 2.59. The molecule has 0 aliphatic rings. The summed E-state index contributed by atoms with van der Waals surface area (Å²) in [6.07, 6.45) is 1.24. The topological polar surface area (TPSA) is 12.0 Å². The van der Waals surface area contributed by atoms with Crippen molar-refractivity contribution in [3.05, 3.63) is 0 Å². The minimum atomic E-state index is 0.444. The molecule has 0 aliphatic heterocycles. The van der Waals surface area contributed by atoms with Gasteiger partial charge >= 0.3 is 0 Å². The van der Waals surface area contributed by atoms with Crippen molar-refractivity contribution in [3.63, 3.8) is 0 Å². The fourth-order valence-electron chi connectivity index (χ4n) is 0.658. The molecule has 1 N–H and O–H groups in total. The molecule has 0 heterocycles. The van der Waals surface area contributed by atoms with Crippen LogP contribution in [0.1, 0.15) is 34.1 Å². The molecule has 0 aromatic heterocycles. The summed E-state index contributed by atoms with van der Waals surface area (Å²) in [4.78, 5) is 0. The zero-order valence-corrected chi connectivity index (χ0v) is 9.53. The van der Waals surface area contributed by atoms with Gasteiger partial charge in [-0.1, -0.05) is 50.3 Å². The summed E-state index contributed by atoms with van der Waals surface area (Å²) in [5, 5.41) is 3.40. The SMILES string of the molecule is CC(C)NCCC(C)(C)I. The van der Waals surface area contributed by atoms with Gasteiger partial charge in [-0.05, 0) is 13.0 Å². The van der Waals surface area contributed by atoms with Crippen molar-refractivity contribution < 1.29 is 0 Å². The number of hydrogen-bond donors (Lipinski definition) is 1. The molecular weight excluding hydrogens is 237 g/mol. The molecule has 0 atom stereocenters. The van der Waals surface area contributed by atoms with Gasteiger partial charge in [0.25, 0.3) is 0 Å². The first-order valence-corrected chi connectivity index (χ1v) is 4.92. The molecule has 62 valence electrons. The molecule has 0 aromatic rings. The summed E-state index contributed by atoms with van der Waals surface area (Å²) in [7, 11) is 0. The van der Waals surface area contributed by atoms with Gasteiger partial charge in [0.05, 0.1) is 0 Å². The summed E-state index contributed by atoms with van der Waals surface area (Å²) < 4.78 is 0.444. The van der Waals surface area contributed by atoms with Crippen molar-refractivity contribution in [1.82, 2.24) is 5.32 Å². The van der Waals surface area contributed by atoms with Crippen LogP contribution >= 0.6 is 22.6 Å². The number of hydrogen-bond acceptors (Lipinski definition) is 1. The van der Waals surface area contributed by atoms with E-state index in [1.807, 2.05) is 0 Å². The van der Waals surface area contributed by atoms with Crippen LogP contribution in [0.25, 0.3) is 0 Å². The van der Waals surface area contributed by atoms with E-state index in [0.717, 1.165) is 6.54 Å². The first-order valence-electron chi connectivity index (χ1n) is 3.84. The Hall–Kier alpha value is 0.690. The van der Waals surface area contributed by atoms with Gasteiger partial charge in [-0.25, -0.2) is 0 Å². The van der Waals surface area contributed by atoms with Gasteiger partial charge in [0.2, 0.25) is 0 Å². The minimum absolute atomic E-state index is 0.444. The van der Waals surface area contributed by atoms with E-state index in [0.29, 0.717) is 9.46 Å². The van der Waals surface area contributed by atoms with E-state index < -0.39 is 0 Å². The van der Waals surface area contributed by atoms with Crippen LogP contribution in [0.2, 0.25) is 0 Å². The lowest BCUT2D eigenvalue weighted by molar-refractivity contribution is 0.538. The largest absolute Gasteiger partial charge is 0.314 e. The van der Waals surface area contributed by atoms with E-state index in [1.165, 1.54) is 6.42 Å². The monoisotopic (exact) mass is 255 g/mol. The maximum absolute atomic E-state index is 3.40. The molecule has 0 saturated carbocycles. The quantitative estimate of drug-likeness (QED) is 0.601. The highest BCUT2D eigenvalue weighted by atomic mass is 127. The second-order valence-corrected chi connectivity index (χ2v) is 6.50. The molecule has 0 aromatic carbocycles. The molecule has 0 rings (SSSR count). The Bertz CT molecular complexity index is 83.7. The van der Waals surface area contributed by atoms with Crippen LogP contribution < -0.4 is 5.32 Å². The van der Waals surface area contributed by atoms with Crippen LogP contribution in [0.4, 0.5) is 0 Å². The van der Waals surface area contributed by atoms with Gasteiger partial charge in [0, 0.05) is 9.46 Å². The zero-order valence-electron chi connectivity index (χ0n) is 7.37. The molecule has 0 amide bonds. The smallest absolute Gasteiger partial charge is 0.0178 e. The van der Waals surface area contributed by atoms with Gasteiger partial charge in [0.15, 0.2) is 0 Å². The van der Waals surface area contributed by atoms with Crippen molar-refractivity contribution in [2.45, 2.75) is 43.6 Å². The highest BCUT2D eigenvalue weighted by Crippen LogP contribution is 2.19. The Morgan fingerprint density at radius 3 is 2.20 bits per heavy atom. The fraction of sp³-hybridized carbons (Fsp3) is 1.00. The molecule has 10 heavy (non-hydrogen) atoms. The van der Waals surface area contributed by atoms with Crippen LogP contribution in [0, 0.1) is 0 Å². The second-order valence-electron chi connectivity index (χ2n) is 3.58. The minimum Gasteiger partial charge on any atom is -0.314 e. The average Bonchev–Trinajstić information content (AvgIpc) is 1.59. The Morgan fingerprint density at radius 1 is 1.40 bits per heavy atom. The van der Waals surface area contributed by atoms with Crippen LogP contribution in [0.3, 0.4) is 0 Å². The molecule has 0 unspecified atom stereocenters. The summed E-state index contributed by atoms with van der Waals surface area (Å²) >= 11 is 2.48. The highest BCUT2D eigenvalue weighted by molar-refractivity contribution is 14.1. The van der Waals surface area contributed by atoms with E-state index in [2.05, 4.69) is 55.6 Å². The van der Waals surface area contributed by atoms with Crippen molar-refractivity contribution in [2.75, 3.05) is 6.54 Å². The summed E-state index contributed by atoms with van der Waals surface area (Å²) in [5.41, 5.74) is 0. The maximum atomic E-state index is 3.40. The molecule has 0 fully saturated rings. The van der Waals surface area contributed by atoms with Crippen LogP contribution in [-0.2, 0) is 0 Å². The number of halogens is 1. The van der Waals surface area contributed by atoms with Gasteiger partial charge in [-0.3, -0.25) is 0 Å². The standard InChI is InChI=1S/C8H18IN/c1-7(2)10-6-5-8(3,4)9/h7,10H,5-6H2,1-4H3. The molecule has 0 spiro atoms. The summed E-state index contributed by atoms with van der Waals surface area (Å²) in [5.74, 6) is 0. The Morgan fingerprint density at radius 2 is 1.90 bits per heavy atom. The maximum Gasteiger partial charge on any atom is 0.0178 e. The fourth-order valence-corrected chi connectivity index (χ4v) is 0.928. The Labute approximate surface area is 78.1 Å². The molecule has 0 aliphatic carbocycles. The van der Waals surface area contributed by atoms with Crippen LogP contribution in [0.5, 0.6) is 0 Å². The van der Waals surface area contributed by atoms with E-state index >= 15 is 0 Å². The van der Waals surface area contributed by atoms with Crippen molar-refractivity contribution in [3.8, 4) is 0 Å². The first kappa shape index (κ1) is 10.7. The first-order chi connectivity index (χ1) is 4.42. The van der Waals surface area contributed by atoms with Gasteiger partial charge in [-0.15, -0.1) is 0 Å². The van der Waals surface area contributed by atoms with Crippen molar-refractivity contribution >= 4 is 22.6 Å². The predicted molar refractivity (Wildman–Crippen MR) is 55.9 cm³/mol. The van der Waals surface area contributed by atoms with E-state index in [-0.39, 0.29) is 0 Å². The lowest BCUT2D eigenvalue weighted by Gasteiger charge is -2.17. The Kier molecular flexibility index (Phi) is 4.86. The van der Waals surface area contributed by atoms with Gasteiger partial charge in [0.1, 0.15) is 0 Å². The lowest BCUT2D eigenvalue weighted by atomic mass is 10.1. The van der Waals surface area contributed by atoms with E-state index in [1.54, 1.807) is 0 Å². The zero-order chi connectivity index (χ0) is 8.20. The Balaban J connectivity index is 3.21. The lowest BCUT2D eigenvalue weighted by Crippen LogP contribution is -2.27. The molecule has 1 nitrogen and oxygen atoms in total. The number of rotatable bonds is 4. The molecule has 0 saturated heterocycles. The molecule has 0 bridgehead atoms. The van der Waals surface area contributed by atoms with Crippen LogP contribution in [-0.4, -0.2) is 16.0 Å². The van der Waals surface area contributed by atoms with Gasteiger partial charge < -0.3 is 5.32 Å². The highest BCUT2D eigenvalue weighted by Gasteiger charge is 2.10. The third-order valence-electron chi connectivity index (χ3n) is 1.27. The second kappa shape index (κ2) is 4.54. The molecule has 0 radical (unpaired) electrons. The van der Waals surface area contributed by atoms with E-state index in [4.69, 9.17) is 0 Å². The average molecular weight is 255 g/mol. The molecular formula is C8H18IN. The number of nitrogens with one attached hydrogen (secondary N) is 1. The van der Waals surface area contributed by atoms with E-state index in [9.17, 15) is 0 Å². The van der Waals surface area contributed by atoms with Crippen molar-refractivity contribution in [2.24, 2.45) is 0 Å². The normalized spacial score (nSPS) is 12.6.